The van der Waals surface area contributed by atoms with E-state index in [2.05, 4.69) is 20.4 Å². The van der Waals surface area contributed by atoms with Gasteiger partial charge in [0.05, 0.1) is 19.9 Å². The van der Waals surface area contributed by atoms with Gasteiger partial charge in [0, 0.05) is 49.3 Å². The van der Waals surface area contributed by atoms with Crippen molar-refractivity contribution in [3.8, 4) is 28.5 Å². The second-order valence-corrected chi connectivity index (χ2v) is 8.83. The number of thiazole rings is 1. The minimum absolute atomic E-state index is 0.139. The molecule has 3 aromatic rings. The number of nitrogens with zero attached hydrogens (tertiary/aromatic N) is 2. The average Bonchev–Trinajstić information content (AvgIpc) is 3.22. The van der Waals surface area contributed by atoms with E-state index in [1.165, 1.54) is 42.5 Å². The van der Waals surface area contributed by atoms with Gasteiger partial charge in [-0.25, -0.2) is 0 Å². The van der Waals surface area contributed by atoms with Gasteiger partial charge in [0.2, 0.25) is 5.91 Å². The van der Waals surface area contributed by atoms with Crippen molar-refractivity contribution in [2.75, 3.05) is 26.1 Å². The standard InChI is InChI=1S/C24H25F3N4O4S2/c1-15(32)28-9-4-10-31-21(16-5-7-18(8-6-16)35-24(25,26)27)14-37-23(31)30-22(36)29-17-11-19(33-2)13-20(12-17)34-3/h5-8,11-14H,4,9-10H2,1-3H3,(H,28,32)(H,29,36)/b30-23-. The van der Waals surface area contributed by atoms with E-state index in [9.17, 15) is 18.0 Å². The molecule has 0 unspecified atom stereocenters. The lowest BCUT2D eigenvalue weighted by molar-refractivity contribution is -0.274. The summed E-state index contributed by atoms with van der Waals surface area (Å²) in [6.07, 6.45) is -4.17. The van der Waals surface area contributed by atoms with Crippen LogP contribution in [0.15, 0.2) is 52.8 Å². The second-order valence-electron chi connectivity index (χ2n) is 7.61. The summed E-state index contributed by atoms with van der Waals surface area (Å²) in [6.45, 7) is 2.36. The van der Waals surface area contributed by atoms with Gasteiger partial charge >= 0.3 is 6.36 Å². The van der Waals surface area contributed by atoms with Crippen LogP contribution in [0.3, 0.4) is 0 Å². The smallest absolute Gasteiger partial charge is 0.497 e. The number of nitrogens with one attached hydrogen (secondary N) is 2. The Morgan fingerprint density at radius 3 is 2.30 bits per heavy atom. The molecule has 3 rings (SSSR count). The third-order valence-electron chi connectivity index (χ3n) is 4.91. The molecule has 0 radical (unpaired) electrons. The molecule has 1 heterocycles. The van der Waals surface area contributed by atoms with Crippen LogP contribution in [0.1, 0.15) is 13.3 Å². The molecule has 0 spiro atoms. The summed E-state index contributed by atoms with van der Waals surface area (Å²) in [6, 6.07) is 10.8. The molecule has 0 aliphatic carbocycles. The first-order valence-corrected chi connectivity index (χ1v) is 12.2. The minimum atomic E-state index is -4.77. The van der Waals surface area contributed by atoms with Crippen molar-refractivity contribution < 1.29 is 32.2 Å². The van der Waals surface area contributed by atoms with E-state index >= 15 is 0 Å². The molecule has 1 amide bonds. The highest BCUT2D eigenvalue weighted by Crippen LogP contribution is 2.28. The van der Waals surface area contributed by atoms with Crippen LogP contribution < -0.4 is 29.6 Å². The summed E-state index contributed by atoms with van der Waals surface area (Å²) in [5.41, 5.74) is 2.03. The van der Waals surface area contributed by atoms with E-state index in [-0.39, 0.29) is 16.8 Å². The molecule has 2 N–H and O–H groups in total. The maximum atomic E-state index is 12.5. The lowest BCUT2D eigenvalue weighted by Crippen LogP contribution is -2.25. The van der Waals surface area contributed by atoms with Gasteiger partial charge in [-0.2, -0.15) is 4.99 Å². The summed E-state index contributed by atoms with van der Waals surface area (Å²) < 4.78 is 54.0. The minimum Gasteiger partial charge on any atom is -0.497 e. The third kappa shape index (κ3) is 8.50. The maximum Gasteiger partial charge on any atom is 0.573 e. The van der Waals surface area contributed by atoms with Gasteiger partial charge in [-0.1, -0.05) is 0 Å². The van der Waals surface area contributed by atoms with Gasteiger partial charge in [-0.15, -0.1) is 24.5 Å². The Balaban J connectivity index is 1.90. The Hall–Kier alpha value is -3.58. The van der Waals surface area contributed by atoms with Crippen LogP contribution in [0.4, 0.5) is 18.9 Å². The number of methoxy groups -OCH3 is 2. The molecule has 0 bridgehead atoms. The van der Waals surface area contributed by atoms with Crippen molar-refractivity contribution in [1.82, 2.24) is 9.88 Å². The summed E-state index contributed by atoms with van der Waals surface area (Å²) in [4.78, 5) is 16.4. The summed E-state index contributed by atoms with van der Waals surface area (Å²) in [5, 5.41) is 7.82. The van der Waals surface area contributed by atoms with Crippen molar-refractivity contribution in [3.63, 3.8) is 0 Å². The summed E-state index contributed by atoms with van der Waals surface area (Å²) in [7, 11) is 3.08. The maximum absolute atomic E-state index is 12.5. The number of anilines is 1. The molecule has 0 aliphatic heterocycles. The topological polar surface area (TPSA) is 86.1 Å². The van der Waals surface area contributed by atoms with Crippen molar-refractivity contribution in [1.29, 1.82) is 0 Å². The molecule has 198 valence electrons. The van der Waals surface area contributed by atoms with Gasteiger partial charge in [-0.3, -0.25) is 4.79 Å². The molecule has 13 heteroatoms. The Kier molecular flexibility index (Phi) is 9.53. The van der Waals surface area contributed by atoms with Gasteiger partial charge in [0.1, 0.15) is 17.2 Å². The van der Waals surface area contributed by atoms with Crippen LogP contribution in [-0.4, -0.2) is 42.7 Å². The van der Waals surface area contributed by atoms with Crippen LogP contribution in [0, 0.1) is 0 Å². The van der Waals surface area contributed by atoms with E-state index in [4.69, 9.17) is 21.7 Å². The number of thiocarbonyl (C=S) groups is 1. The average molecular weight is 555 g/mol. The van der Waals surface area contributed by atoms with Crippen LogP contribution in [0.25, 0.3) is 11.3 Å². The number of hydrogen-bond acceptors (Lipinski definition) is 6. The summed E-state index contributed by atoms with van der Waals surface area (Å²) in [5.74, 6) is 0.704. The molecule has 0 saturated heterocycles. The Labute approximate surface area is 220 Å². The first-order valence-electron chi connectivity index (χ1n) is 11.0. The predicted molar refractivity (Wildman–Crippen MR) is 139 cm³/mol. The molecule has 0 fully saturated rings. The first kappa shape index (κ1) is 28.0. The molecular weight excluding hydrogens is 529 g/mol. The zero-order valence-electron chi connectivity index (χ0n) is 20.2. The number of alkyl halides is 3. The molecule has 0 saturated carbocycles. The normalized spacial score (nSPS) is 11.7. The van der Waals surface area contributed by atoms with Crippen molar-refractivity contribution in [3.05, 3.63) is 52.6 Å². The third-order valence-corrected chi connectivity index (χ3v) is 5.97. The molecule has 0 atom stereocenters. The van der Waals surface area contributed by atoms with Gasteiger partial charge < -0.3 is 29.4 Å². The fraction of sp³-hybridized carbons (Fsp3) is 0.292. The number of benzene rings is 2. The van der Waals surface area contributed by atoms with Crippen LogP contribution in [0.5, 0.6) is 17.2 Å². The fourth-order valence-electron chi connectivity index (χ4n) is 3.31. The van der Waals surface area contributed by atoms with E-state index in [0.717, 1.165) is 5.69 Å². The number of amides is 1. The summed E-state index contributed by atoms with van der Waals surface area (Å²) >= 11 is 6.78. The first-order chi connectivity index (χ1) is 17.6. The van der Waals surface area contributed by atoms with Gasteiger partial charge in [0.15, 0.2) is 9.91 Å². The Morgan fingerprint density at radius 1 is 1.08 bits per heavy atom. The highest BCUT2D eigenvalue weighted by atomic mass is 32.1. The molecular formula is C24H25F3N4O4S2. The van der Waals surface area contributed by atoms with Crippen molar-refractivity contribution >= 4 is 40.3 Å². The zero-order valence-corrected chi connectivity index (χ0v) is 21.9. The Morgan fingerprint density at radius 2 is 1.73 bits per heavy atom. The molecule has 2 aromatic carbocycles. The molecule has 37 heavy (non-hydrogen) atoms. The highest BCUT2D eigenvalue weighted by Gasteiger charge is 2.31. The van der Waals surface area contributed by atoms with E-state index in [1.807, 2.05) is 9.95 Å². The van der Waals surface area contributed by atoms with Gasteiger partial charge in [-0.05, 0) is 48.5 Å². The van der Waals surface area contributed by atoms with E-state index < -0.39 is 6.36 Å². The van der Waals surface area contributed by atoms with E-state index in [0.29, 0.717) is 47.1 Å². The monoisotopic (exact) mass is 554 g/mol. The van der Waals surface area contributed by atoms with Crippen LogP contribution in [0.2, 0.25) is 0 Å². The van der Waals surface area contributed by atoms with Crippen LogP contribution in [-0.2, 0) is 11.3 Å². The van der Waals surface area contributed by atoms with Gasteiger partial charge in [0.25, 0.3) is 0 Å². The number of rotatable bonds is 9. The lowest BCUT2D eigenvalue weighted by Gasteiger charge is -2.12. The van der Waals surface area contributed by atoms with Crippen LogP contribution >= 0.6 is 23.6 Å². The number of aromatic nitrogens is 1. The second kappa shape index (κ2) is 12.6. The predicted octanol–water partition coefficient (Wildman–Crippen LogP) is 4.96. The Bertz CT molecular complexity index is 1280. The quantitative estimate of drug-likeness (QED) is 0.288. The fourth-order valence-corrected chi connectivity index (χ4v) is 4.52. The largest absolute Gasteiger partial charge is 0.573 e. The van der Waals surface area contributed by atoms with Crippen molar-refractivity contribution in [2.24, 2.45) is 4.99 Å². The lowest BCUT2D eigenvalue weighted by atomic mass is 10.1. The molecule has 1 aromatic heterocycles. The number of halogens is 3. The van der Waals surface area contributed by atoms with E-state index in [1.54, 1.807) is 32.4 Å². The number of carbonyl (C=O) groups excluding carboxylic acids is 1. The number of hydrogen-bond donors (Lipinski definition) is 2. The SMILES string of the molecule is COc1cc(NC(=S)/N=c2\scc(-c3ccc(OC(F)(F)F)cc3)n2CCCNC(C)=O)cc(OC)c1. The highest BCUT2D eigenvalue weighted by molar-refractivity contribution is 7.80. The zero-order chi connectivity index (χ0) is 27.0. The number of carbonyl (C=O) groups is 1. The van der Waals surface area contributed by atoms with Crippen molar-refractivity contribution in [2.45, 2.75) is 26.3 Å². The molecule has 0 aliphatic rings. The molecule has 8 nitrogen and oxygen atoms in total. The number of ether oxygens (including phenoxy) is 3.